The lowest BCUT2D eigenvalue weighted by molar-refractivity contribution is -0.275. The van der Waals surface area contributed by atoms with E-state index in [1.54, 1.807) is 0 Å². The zero-order chi connectivity index (χ0) is 18.7. The number of ether oxygens (including phenoxy) is 1. The average Bonchev–Trinajstić information content (AvgIpc) is 2.60. The van der Waals surface area contributed by atoms with Gasteiger partial charge in [0.1, 0.15) is 0 Å². The zero-order valence-corrected chi connectivity index (χ0v) is 15.2. The van der Waals surface area contributed by atoms with Gasteiger partial charge in [-0.3, -0.25) is 0 Å². The first kappa shape index (κ1) is 19.2. The van der Waals surface area contributed by atoms with Crippen molar-refractivity contribution in [1.29, 1.82) is 0 Å². The number of alkyl halides is 3. The molecular weight excluding hydrogens is 344 g/mol. The molecule has 0 atom stereocenters. The van der Waals surface area contributed by atoms with Gasteiger partial charge >= 0.3 is 6.36 Å². The van der Waals surface area contributed by atoms with E-state index in [-0.39, 0.29) is 0 Å². The van der Waals surface area contributed by atoms with Gasteiger partial charge in [-0.15, -0.1) is 13.2 Å². The van der Waals surface area contributed by atoms with E-state index in [0.29, 0.717) is 12.8 Å². The Balaban J connectivity index is 1.56. The van der Waals surface area contributed by atoms with Crippen LogP contribution in [0.4, 0.5) is 17.6 Å². The van der Waals surface area contributed by atoms with Crippen molar-refractivity contribution in [2.24, 2.45) is 11.8 Å². The van der Waals surface area contributed by atoms with Crippen LogP contribution in [0.2, 0.25) is 0 Å². The Labute approximate surface area is 152 Å². The Bertz CT molecular complexity index is 655. The van der Waals surface area contributed by atoms with Crippen molar-refractivity contribution in [2.75, 3.05) is 0 Å². The molecule has 0 N–H and O–H groups in total. The molecular formula is C21H26F4O. The van der Waals surface area contributed by atoms with Gasteiger partial charge in [0.25, 0.3) is 0 Å². The lowest BCUT2D eigenvalue weighted by Crippen LogP contribution is -2.18. The van der Waals surface area contributed by atoms with Crippen LogP contribution in [-0.2, 0) is 12.8 Å². The van der Waals surface area contributed by atoms with E-state index in [2.05, 4.69) is 17.7 Å². The summed E-state index contributed by atoms with van der Waals surface area (Å²) in [6, 6.07) is 2.40. The molecule has 0 heterocycles. The summed E-state index contributed by atoms with van der Waals surface area (Å²) in [5.74, 6) is -0.0106. The molecule has 0 spiro atoms. The molecule has 0 aliphatic heterocycles. The molecule has 1 aromatic rings. The summed E-state index contributed by atoms with van der Waals surface area (Å²) in [5, 5.41) is 0. The number of halogens is 4. The molecule has 2 aliphatic carbocycles. The molecule has 5 heteroatoms. The van der Waals surface area contributed by atoms with Crippen LogP contribution in [0.1, 0.15) is 63.0 Å². The van der Waals surface area contributed by atoms with Crippen LogP contribution in [0.5, 0.6) is 5.75 Å². The third-order valence-corrected chi connectivity index (χ3v) is 5.93. The Hall–Kier alpha value is -1.52. The summed E-state index contributed by atoms with van der Waals surface area (Å²) >= 11 is 0. The zero-order valence-electron chi connectivity index (χ0n) is 15.2. The van der Waals surface area contributed by atoms with Crippen molar-refractivity contribution in [2.45, 2.75) is 71.1 Å². The van der Waals surface area contributed by atoms with Gasteiger partial charge in [0, 0.05) is 0 Å². The van der Waals surface area contributed by atoms with Crippen LogP contribution in [-0.4, -0.2) is 6.36 Å². The summed E-state index contributed by atoms with van der Waals surface area (Å²) in [5.41, 5.74) is 2.78. The molecule has 0 amide bonds. The van der Waals surface area contributed by atoms with Gasteiger partial charge < -0.3 is 4.74 Å². The third kappa shape index (κ3) is 5.01. The van der Waals surface area contributed by atoms with Crippen molar-refractivity contribution in [3.8, 4) is 5.75 Å². The van der Waals surface area contributed by atoms with Crippen LogP contribution in [0.25, 0.3) is 0 Å². The molecule has 0 aromatic heterocycles. The van der Waals surface area contributed by atoms with Gasteiger partial charge in [0.15, 0.2) is 11.6 Å². The fourth-order valence-corrected chi connectivity index (χ4v) is 4.27. The number of allylic oxidation sites excluding steroid dienone is 2. The van der Waals surface area contributed by atoms with E-state index in [4.69, 9.17) is 0 Å². The van der Waals surface area contributed by atoms with Crippen molar-refractivity contribution < 1.29 is 22.3 Å². The molecule has 3 rings (SSSR count). The van der Waals surface area contributed by atoms with Gasteiger partial charge in [0.2, 0.25) is 0 Å². The smallest absolute Gasteiger partial charge is 0.403 e. The molecule has 0 saturated heterocycles. The Kier molecular flexibility index (Phi) is 5.93. The number of hydrogen-bond donors (Lipinski definition) is 0. The molecule has 0 unspecified atom stereocenters. The van der Waals surface area contributed by atoms with Crippen molar-refractivity contribution in [3.05, 3.63) is 40.7 Å². The molecule has 1 fully saturated rings. The van der Waals surface area contributed by atoms with Gasteiger partial charge in [-0.1, -0.05) is 50.7 Å². The van der Waals surface area contributed by atoms with Crippen LogP contribution in [0.3, 0.4) is 0 Å². The minimum Gasteiger partial charge on any atom is -0.403 e. The minimum absolute atomic E-state index is 0.543. The first-order valence-electron chi connectivity index (χ1n) is 9.59. The number of benzene rings is 1. The predicted octanol–water partition coefficient (Wildman–Crippen LogP) is 6.75. The Morgan fingerprint density at radius 1 is 1.04 bits per heavy atom. The fourth-order valence-electron chi connectivity index (χ4n) is 4.27. The third-order valence-electron chi connectivity index (χ3n) is 5.93. The Morgan fingerprint density at radius 3 is 2.38 bits per heavy atom. The molecule has 0 radical (unpaired) electrons. The van der Waals surface area contributed by atoms with E-state index in [9.17, 15) is 17.6 Å². The normalized spacial score (nSPS) is 23.3. The first-order chi connectivity index (χ1) is 12.3. The van der Waals surface area contributed by atoms with E-state index in [1.165, 1.54) is 49.8 Å². The van der Waals surface area contributed by atoms with E-state index >= 15 is 0 Å². The highest BCUT2D eigenvalue weighted by Gasteiger charge is 2.33. The maximum atomic E-state index is 13.9. The number of hydrogen-bond acceptors (Lipinski definition) is 1. The summed E-state index contributed by atoms with van der Waals surface area (Å²) in [4.78, 5) is 0. The largest absolute Gasteiger partial charge is 0.573 e. The molecule has 1 saturated carbocycles. The molecule has 1 aromatic carbocycles. The topological polar surface area (TPSA) is 9.23 Å². The molecule has 2 aliphatic rings. The second kappa shape index (κ2) is 8.01. The molecule has 26 heavy (non-hydrogen) atoms. The maximum Gasteiger partial charge on any atom is 0.573 e. The van der Waals surface area contributed by atoms with E-state index < -0.39 is 17.9 Å². The quantitative estimate of drug-likeness (QED) is 0.412. The van der Waals surface area contributed by atoms with Crippen LogP contribution in [0.15, 0.2) is 23.8 Å². The van der Waals surface area contributed by atoms with Crippen molar-refractivity contribution in [1.82, 2.24) is 0 Å². The SMILES string of the molecule is CCC1CCC(CCC2=CCc3cc(OC(F)(F)F)c(F)cc3C2)CC1. The molecule has 0 bridgehead atoms. The van der Waals surface area contributed by atoms with Crippen LogP contribution in [0, 0.1) is 17.7 Å². The summed E-state index contributed by atoms with van der Waals surface area (Å²) < 4.78 is 54.7. The van der Waals surface area contributed by atoms with Crippen molar-refractivity contribution >= 4 is 0 Å². The first-order valence-corrected chi connectivity index (χ1v) is 9.59. The van der Waals surface area contributed by atoms with Gasteiger partial charge in [-0.05, 0) is 60.8 Å². The average molecular weight is 370 g/mol. The summed E-state index contributed by atoms with van der Waals surface area (Å²) in [6.07, 6.45) is 7.09. The highest BCUT2D eigenvalue weighted by Crippen LogP contribution is 2.36. The van der Waals surface area contributed by atoms with E-state index in [1.807, 2.05) is 0 Å². The highest BCUT2D eigenvalue weighted by atomic mass is 19.4. The summed E-state index contributed by atoms with van der Waals surface area (Å²) in [6.45, 7) is 2.26. The van der Waals surface area contributed by atoms with E-state index in [0.717, 1.165) is 35.8 Å². The molecule has 144 valence electrons. The number of fused-ring (bicyclic) bond motifs is 1. The monoisotopic (exact) mass is 370 g/mol. The van der Waals surface area contributed by atoms with Crippen LogP contribution >= 0.6 is 0 Å². The van der Waals surface area contributed by atoms with Crippen molar-refractivity contribution in [3.63, 3.8) is 0 Å². The fraction of sp³-hybridized carbons (Fsp3) is 0.619. The standard InChI is InChI=1S/C21H26F4O/c1-2-14-3-5-15(6-4-14)7-8-16-9-10-17-13-20(26-21(23,24)25)19(22)12-18(17)11-16/h9,12-15H,2-8,10-11H2,1H3. The second-order valence-corrected chi connectivity index (χ2v) is 7.68. The lowest BCUT2D eigenvalue weighted by Gasteiger charge is -2.28. The van der Waals surface area contributed by atoms with Crippen LogP contribution < -0.4 is 4.74 Å². The van der Waals surface area contributed by atoms with Gasteiger partial charge in [-0.25, -0.2) is 4.39 Å². The lowest BCUT2D eigenvalue weighted by atomic mass is 9.78. The second-order valence-electron chi connectivity index (χ2n) is 7.68. The molecule has 1 nitrogen and oxygen atoms in total. The predicted molar refractivity (Wildman–Crippen MR) is 93.5 cm³/mol. The van der Waals surface area contributed by atoms with Gasteiger partial charge in [0.05, 0.1) is 0 Å². The number of rotatable bonds is 5. The minimum atomic E-state index is -4.87. The summed E-state index contributed by atoms with van der Waals surface area (Å²) in [7, 11) is 0. The highest BCUT2D eigenvalue weighted by molar-refractivity contribution is 5.43. The maximum absolute atomic E-state index is 13.9. The van der Waals surface area contributed by atoms with Gasteiger partial charge in [-0.2, -0.15) is 0 Å². The Morgan fingerprint density at radius 2 is 1.73 bits per heavy atom.